The molecule has 0 unspecified atom stereocenters. The predicted molar refractivity (Wildman–Crippen MR) is 84.7 cm³/mol. The third-order valence-corrected chi connectivity index (χ3v) is 3.92. The lowest BCUT2D eigenvalue weighted by Gasteiger charge is -2.20. The fourth-order valence-electron chi connectivity index (χ4n) is 2.46. The lowest BCUT2D eigenvalue weighted by atomic mass is 10.1. The van der Waals surface area contributed by atoms with Crippen molar-refractivity contribution in [3.63, 3.8) is 0 Å². The molecule has 0 aliphatic carbocycles. The second kappa shape index (κ2) is 6.87. The summed E-state index contributed by atoms with van der Waals surface area (Å²) in [5.41, 5.74) is 2.62. The number of carboxylic acid groups (broad SMARTS) is 1. The lowest BCUT2D eigenvalue weighted by Crippen LogP contribution is -2.30. The third kappa shape index (κ3) is 3.71. The molecule has 0 spiro atoms. The van der Waals surface area contributed by atoms with Crippen molar-refractivity contribution in [3.05, 3.63) is 40.5 Å². The highest BCUT2D eigenvalue weighted by molar-refractivity contribution is 6.32. The number of benzene rings is 1. The molecular weight excluding hydrogens is 288 g/mol. The normalized spacial score (nSPS) is 11.2. The maximum atomic E-state index is 10.9. The molecule has 0 amide bonds. The Morgan fingerprint density at radius 2 is 2.10 bits per heavy atom. The van der Waals surface area contributed by atoms with Crippen LogP contribution in [0.4, 0.5) is 0 Å². The second-order valence-corrected chi connectivity index (χ2v) is 5.50. The smallest absolute Gasteiger partial charge is 0.317 e. The van der Waals surface area contributed by atoms with Crippen molar-refractivity contribution in [1.82, 2.24) is 9.88 Å². The van der Waals surface area contributed by atoms with E-state index in [-0.39, 0.29) is 6.54 Å². The first-order valence-electron chi connectivity index (χ1n) is 7.00. The average Bonchev–Trinajstić information content (AvgIpc) is 2.44. The van der Waals surface area contributed by atoms with E-state index < -0.39 is 5.97 Å². The van der Waals surface area contributed by atoms with Crippen LogP contribution in [0, 0.1) is 6.92 Å². The van der Waals surface area contributed by atoms with Gasteiger partial charge in [0.1, 0.15) is 0 Å². The Morgan fingerprint density at radius 3 is 2.76 bits per heavy atom. The first kappa shape index (κ1) is 15.7. The van der Waals surface area contributed by atoms with Gasteiger partial charge in [-0.1, -0.05) is 36.7 Å². The van der Waals surface area contributed by atoms with Gasteiger partial charge < -0.3 is 5.11 Å². The molecule has 2 rings (SSSR count). The predicted octanol–water partition coefficient (Wildman–Crippen LogP) is 3.49. The zero-order chi connectivity index (χ0) is 15.4. The molecule has 0 bridgehead atoms. The molecule has 0 fully saturated rings. The van der Waals surface area contributed by atoms with E-state index in [0.717, 1.165) is 28.6 Å². The molecule has 0 aliphatic heterocycles. The van der Waals surface area contributed by atoms with E-state index in [1.54, 1.807) is 0 Å². The van der Waals surface area contributed by atoms with Gasteiger partial charge in [0, 0.05) is 11.9 Å². The maximum Gasteiger partial charge on any atom is 0.317 e. The SMILES string of the molecule is CCCN(CC(=O)O)Cc1nc2ccccc2c(C)c1Cl. The van der Waals surface area contributed by atoms with Crippen LogP contribution in [0.15, 0.2) is 24.3 Å². The quantitative estimate of drug-likeness (QED) is 0.887. The number of aromatic nitrogens is 1. The summed E-state index contributed by atoms with van der Waals surface area (Å²) < 4.78 is 0. The molecule has 1 aromatic heterocycles. The van der Waals surface area contributed by atoms with E-state index in [2.05, 4.69) is 4.98 Å². The summed E-state index contributed by atoms with van der Waals surface area (Å²) in [5, 5.41) is 10.6. The zero-order valence-electron chi connectivity index (χ0n) is 12.3. The van der Waals surface area contributed by atoms with Gasteiger partial charge in [-0.15, -0.1) is 0 Å². The highest BCUT2D eigenvalue weighted by Crippen LogP contribution is 2.27. The molecule has 1 N–H and O–H groups in total. The van der Waals surface area contributed by atoms with Crippen molar-refractivity contribution in [2.75, 3.05) is 13.1 Å². The van der Waals surface area contributed by atoms with Gasteiger partial charge in [-0.25, -0.2) is 4.98 Å². The van der Waals surface area contributed by atoms with E-state index in [0.29, 0.717) is 18.1 Å². The molecule has 0 radical (unpaired) electrons. The summed E-state index contributed by atoms with van der Waals surface area (Å²) in [6.45, 7) is 5.14. The highest BCUT2D eigenvalue weighted by atomic mass is 35.5. The van der Waals surface area contributed by atoms with Crippen molar-refractivity contribution >= 4 is 28.5 Å². The Kier molecular flexibility index (Phi) is 5.15. The van der Waals surface area contributed by atoms with Gasteiger partial charge in [0.25, 0.3) is 0 Å². The van der Waals surface area contributed by atoms with Gasteiger partial charge in [-0.2, -0.15) is 0 Å². The molecule has 1 heterocycles. The third-order valence-electron chi connectivity index (χ3n) is 3.42. The van der Waals surface area contributed by atoms with Crippen molar-refractivity contribution in [2.45, 2.75) is 26.8 Å². The Balaban J connectivity index is 2.36. The first-order chi connectivity index (χ1) is 10.0. The maximum absolute atomic E-state index is 10.9. The number of rotatable bonds is 6. The number of hydrogen-bond donors (Lipinski definition) is 1. The number of carboxylic acids is 1. The largest absolute Gasteiger partial charge is 0.480 e. The fraction of sp³-hybridized carbons (Fsp3) is 0.375. The van der Waals surface area contributed by atoms with E-state index >= 15 is 0 Å². The van der Waals surface area contributed by atoms with E-state index in [9.17, 15) is 4.79 Å². The van der Waals surface area contributed by atoms with E-state index in [1.165, 1.54) is 0 Å². The van der Waals surface area contributed by atoms with Crippen LogP contribution in [0.5, 0.6) is 0 Å². The monoisotopic (exact) mass is 306 g/mol. The van der Waals surface area contributed by atoms with Gasteiger partial charge in [-0.05, 0) is 31.5 Å². The lowest BCUT2D eigenvalue weighted by molar-refractivity contribution is -0.138. The molecule has 0 saturated carbocycles. The summed E-state index contributed by atoms with van der Waals surface area (Å²) in [5.74, 6) is -0.836. The molecule has 5 heteroatoms. The molecular formula is C16H19ClN2O2. The molecule has 0 atom stereocenters. The summed E-state index contributed by atoms with van der Waals surface area (Å²) in [6.07, 6.45) is 0.886. The number of aryl methyl sites for hydroxylation is 1. The topological polar surface area (TPSA) is 53.4 Å². The van der Waals surface area contributed by atoms with Gasteiger partial charge in [0.2, 0.25) is 0 Å². The minimum atomic E-state index is -0.836. The van der Waals surface area contributed by atoms with E-state index in [1.807, 2.05) is 43.0 Å². The molecule has 0 aliphatic rings. The summed E-state index contributed by atoms with van der Waals surface area (Å²) in [4.78, 5) is 17.4. The molecule has 1 aromatic carbocycles. The number of aliphatic carboxylic acids is 1. The van der Waals surface area contributed by atoms with Crippen LogP contribution < -0.4 is 0 Å². The Bertz CT molecular complexity index is 658. The second-order valence-electron chi connectivity index (χ2n) is 5.12. The van der Waals surface area contributed by atoms with Crippen molar-refractivity contribution < 1.29 is 9.90 Å². The van der Waals surface area contributed by atoms with Gasteiger partial charge in [-0.3, -0.25) is 9.69 Å². The minimum Gasteiger partial charge on any atom is -0.480 e. The van der Waals surface area contributed by atoms with Gasteiger partial charge in [0.05, 0.1) is 22.8 Å². The minimum absolute atomic E-state index is 0.00226. The van der Waals surface area contributed by atoms with Crippen LogP contribution in [0.25, 0.3) is 10.9 Å². The molecule has 0 saturated heterocycles. The number of carbonyl (C=O) groups is 1. The van der Waals surface area contributed by atoms with Crippen LogP contribution in [-0.4, -0.2) is 34.0 Å². The van der Waals surface area contributed by atoms with Crippen molar-refractivity contribution in [2.24, 2.45) is 0 Å². The van der Waals surface area contributed by atoms with Crippen molar-refractivity contribution in [3.8, 4) is 0 Å². The molecule has 2 aromatic rings. The van der Waals surface area contributed by atoms with Crippen LogP contribution >= 0.6 is 11.6 Å². The Morgan fingerprint density at radius 1 is 1.38 bits per heavy atom. The number of pyridine rings is 1. The van der Waals surface area contributed by atoms with E-state index in [4.69, 9.17) is 16.7 Å². The molecule has 112 valence electrons. The molecule has 21 heavy (non-hydrogen) atoms. The number of halogens is 1. The standard InChI is InChI=1S/C16H19ClN2O2/c1-3-8-19(10-15(20)21)9-14-16(17)11(2)12-6-4-5-7-13(12)18-14/h4-7H,3,8-10H2,1-2H3,(H,20,21). The fourth-order valence-corrected chi connectivity index (χ4v) is 2.66. The Labute approximate surface area is 129 Å². The number of fused-ring (bicyclic) bond motifs is 1. The average molecular weight is 307 g/mol. The summed E-state index contributed by atoms with van der Waals surface area (Å²) >= 11 is 6.42. The van der Waals surface area contributed by atoms with Crippen LogP contribution in [-0.2, 0) is 11.3 Å². The van der Waals surface area contributed by atoms with Crippen molar-refractivity contribution in [1.29, 1.82) is 0 Å². The van der Waals surface area contributed by atoms with Crippen LogP contribution in [0.3, 0.4) is 0 Å². The number of para-hydroxylation sites is 1. The zero-order valence-corrected chi connectivity index (χ0v) is 13.0. The van der Waals surface area contributed by atoms with Crippen LogP contribution in [0.2, 0.25) is 5.02 Å². The van der Waals surface area contributed by atoms with Crippen LogP contribution in [0.1, 0.15) is 24.6 Å². The summed E-state index contributed by atoms with van der Waals surface area (Å²) in [7, 11) is 0. The molecule has 4 nitrogen and oxygen atoms in total. The number of hydrogen-bond acceptors (Lipinski definition) is 3. The van der Waals surface area contributed by atoms with Gasteiger partial charge >= 0.3 is 5.97 Å². The van der Waals surface area contributed by atoms with Gasteiger partial charge in [0.15, 0.2) is 0 Å². The number of nitrogens with zero attached hydrogens (tertiary/aromatic N) is 2. The first-order valence-corrected chi connectivity index (χ1v) is 7.38. The highest BCUT2D eigenvalue weighted by Gasteiger charge is 2.15. The summed E-state index contributed by atoms with van der Waals surface area (Å²) in [6, 6.07) is 7.84. The Hall–Kier alpha value is -1.65.